The van der Waals surface area contributed by atoms with Gasteiger partial charge in [0.2, 0.25) is 0 Å². The van der Waals surface area contributed by atoms with Gasteiger partial charge in [-0.2, -0.15) is 0 Å². The molecule has 0 saturated carbocycles. The van der Waals surface area contributed by atoms with Crippen LogP contribution in [-0.4, -0.2) is 29.7 Å². The van der Waals surface area contributed by atoms with E-state index in [1.54, 1.807) is 36.7 Å². The second-order valence-electron chi connectivity index (χ2n) is 4.97. The number of hydrogen-bond acceptors (Lipinski definition) is 5. The van der Waals surface area contributed by atoms with Gasteiger partial charge in [-0.05, 0) is 30.3 Å². The maximum Gasteiger partial charge on any atom is 0.343 e. The maximum absolute atomic E-state index is 12.3. The molecule has 1 aromatic heterocycles. The molecule has 0 N–H and O–H groups in total. The minimum Gasteiger partial charge on any atom is -0.493 e. The Bertz CT molecular complexity index is 870. The Morgan fingerprint density at radius 2 is 1.83 bits per heavy atom. The van der Waals surface area contributed by atoms with Crippen molar-refractivity contribution in [3.05, 3.63) is 48.3 Å². The number of benzene rings is 2. The highest BCUT2D eigenvalue weighted by molar-refractivity contribution is 5.92. The number of methoxy groups -OCH3 is 2. The number of hydrogen-bond donors (Lipinski definition) is 0. The summed E-state index contributed by atoms with van der Waals surface area (Å²) >= 11 is 0. The molecular formula is C17H16N2O4. The van der Waals surface area contributed by atoms with Crippen molar-refractivity contribution < 1.29 is 19.0 Å². The van der Waals surface area contributed by atoms with Crippen LogP contribution in [0, 0.1) is 0 Å². The summed E-state index contributed by atoms with van der Waals surface area (Å²) in [5, 5.41) is 0. The third-order valence-corrected chi connectivity index (χ3v) is 3.53. The van der Waals surface area contributed by atoms with Crippen LogP contribution in [0.4, 0.5) is 0 Å². The molecule has 0 radical (unpaired) electrons. The number of imidazole rings is 1. The molecule has 1 heterocycles. The van der Waals surface area contributed by atoms with E-state index in [1.807, 2.05) is 17.7 Å². The van der Waals surface area contributed by atoms with Gasteiger partial charge in [0.15, 0.2) is 11.5 Å². The SMILES string of the molecule is COc1ccc(C(=O)Oc2ccc3c(c2)ncn3C)cc1OC. The lowest BCUT2D eigenvalue weighted by atomic mass is 10.2. The van der Waals surface area contributed by atoms with Gasteiger partial charge in [-0.15, -0.1) is 0 Å². The Labute approximate surface area is 133 Å². The van der Waals surface area contributed by atoms with E-state index >= 15 is 0 Å². The number of carbonyl (C=O) groups is 1. The highest BCUT2D eigenvalue weighted by Crippen LogP contribution is 2.28. The van der Waals surface area contributed by atoms with Crippen LogP contribution in [0.3, 0.4) is 0 Å². The van der Waals surface area contributed by atoms with Crippen molar-refractivity contribution in [2.45, 2.75) is 0 Å². The first kappa shape index (κ1) is 14.9. The minimum atomic E-state index is -0.471. The van der Waals surface area contributed by atoms with E-state index in [4.69, 9.17) is 14.2 Å². The number of nitrogens with zero attached hydrogens (tertiary/aromatic N) is 2. The molecule has 0 aliphatic rings. The normalized spacial score (nSPS) is 10.6. The number of rotatable bonds is 4. The monoisotopic (exact) mass is 312 g/mol. The summed E-state index contributed by atoms with van der Waals surface area (Å²) in [6.45, 7) is 0. The molecule has 23 heavy (non-hydrogen) atoms. The quantitative estimate of drug-likeness (QED) is 0.547. The molecule has 0 spiro atoms. The Morgan fingerprint density at radius 1 is 1.04 bits per heavy atom. The largest absolute Gasteiger partial charge is 0.493 e. The van der Waals surface area contributed by atoms with Crippen LogP contribution >= 0.6 is 0 Å². The topological polar surface area (TPSA) is 62.6 Å². The lowest BCUT2D eigenvalue weighted by molar-refractivity contribution is 0.0734. The van der Waals surface area contributed by atoms with Crippen molar-refractivity contribution in [3.63, 3.8) is 0 Å². The van der Waals surface area contributed by atoms with Gasteiger partial charge in [0.05, 0.1) is 37.1 Å². The second-order valence-corrected chi connectivity index (χ2v) is 4.97. The van der Waals surface area contributed by atoms with Crippen molar-refractivity contribution in [2.24, 2.45) is 7.05 Å². The van der Waals surface area contributed by atoms with Crippen LogP contribution in [0.15, 0.2) is 42.7 Å². The zero-order valence-corrected chi connectivity index (χ0v) is 13.1. The lowest BCUT2D eigenvalue weighted by Crippen LogP contribution is -2.09. The molecular weight excluding hydrogens is 296 g/mol. The molecule has 0 amide bonds. The predicted octanol–water partition coefficient (Wildman–Crippen LogP) is 2.81. The third-order valence-electron chi connectivity index (χ3n) is 3.53. The van der Waals surface area contributed by atoms with Crippen LogP contribution in [0.25, 0.3) is 11.0 Å². The minimum absolute atomic E-state index is 0.378. The number of esters is 1. The first-order chi connectivity index (χ1) is 11.1. The molecule has 3 aromatic rings. The summed E-state index contributed by atoms with van der Waals surface area (Å²) in [7, 11) is 4.96. The van der Waals surface area contributed by atoms with E-state index in [0.717, 1.165) is 11.0 Å². The van der Waals surface area contributed by atoms with Crippen molar-refractivity contribution in [1.82, 2.24) is 9.55 Å². The Morgan fingerprint density at radius 3 is 2.57 bits per heavy atom. The number of fused-ring (bicyclic) bond motifs is 1. The molecule has 0 aliphatic carbocycles. The van der Waals surface area contributed by atoms with Gasteiger partial charge >= 0.3 is 5.97 Å². The zero-order chi connectivity index (χ0) is 16.4. The summed E-state index contributed by atoms with van der Waals surface area (Å²) in [5.41, 5.74) is 2.12. The molecule has 0 unspecified atom stereocenters. The summed E-state index contributed by atoms with van der Waals surface area (Å²) in [6.07, 6.45) is 1.71. The predicted molar refractivity (Wildman–Crippen MR) is 85.2 cm³/mol. The fourth-order valence-electron chi connectivity index (χ4n) is 2.31. The molecule has 0 aliphatic heterocycles. The molecule has 0 atom stereocenters. The third kappa shape index (κ3) is 2.83. The standard InChI is InChI=1S/C17H16N2O4/c1-19-10-18-13-9-12(5-6-14(13)19)23-17(20)11-4-7-15(21-2)16(8-11)22-3/h4-10H,1-3H3. The first-order valence-corrected chi connectivity index (χ1v) is 6.97. The van der Waals surface area contributed by atoms with E-state index in [9.17, 15) is 4.79 Å². The average molecular weight is 312 g/mol. The van der Waals surface area contributed by atoms with Crippen molar-refractivity contribution in [3.8, 4) is 17.2 Å². The van der Waals surface area contributed by atoms with Crippen LogP contribution < -0.4 is 14.2 Å². The van der Waals surface area contributed by atoms with Gasteiger partial charge in [-0.1, -0.05) is 0 Å². The molecule has 118 valence electrons. The van der Waals surface area contributed by atoms with Crippen molar-refractivity contribution in [2.75, 3.05) is 14.2 Å². The molecule has 6 heteroatoms. The lowest BCUT2D eigenvalue weighted by Gasteiger charge is -2.09. The number of carbonyl (C=O) groups excluding carboxylic acids is 1. The van der Waals surface area contributed by atoms with Crippen LogP contribution in [0.5, 0.6) is 17.2 Å². The fourth-order valence-corrected chi connectivity index (χ4v) is 2.31. The number of aryl methyl sites for hydroxylation is 1. The summed E-state index contributed by atoms with van der Waals surface area (Å²) in [4.78, 5) is 16.5. The zero-order valence-electron chi connectivity index (χ0n) is 13.1. The molecule has 0 fully saturated rings. The summed E-state index contributed by atoms with van der Waals surface area (Å²) in [5.74, 6) is 0.998. The van der Waals surface area contributed by atoms with Gasteiger partial charge in [-0.3, -0.25) is 0 Å². The van der Waals surface area contributed by atoms with Gasteiger partial charge in [0.25, 0.3) is 0 Å². The van der Waals surface area contributed by atoms with E-state index in [2.05, 4.69) is 4.98 Å². The van der Waals surface area contributed by atoms with Gasteiger partial charge in [0.1, 0.15) is 5.75 Å². The number of ether oxygens (including phenoxy) is 3. The first-order valence-electron chi connectivity index (χ1n) is 6.97. The second kappa shape index (κ2) is 6.00. The van der Waals surface area contributed by atoms with E-state index < -0.39 is 5.97 Å². The average Bonchev–Trinajstić information content (AvgIpc) is 2.94. The highest BCUT2D eigenvalue weighted by atomic mass is 16.5. The molecule has 0 bridgehead atoms. The van der Waals surface area contributed by atoms with E-state index in [0.29, 0.717) is 22.8 Å². The van der Waals surface area contributed by atoms with Gasteiger partial charge in [0, 0.05) is 13.1 Å². The van der Waals surface area contributed by atoms with Crippen molar-refractivity contribution in [1.29, 1.82) is 0 Å². The molecule has 2 aromatic carbocycles. The molecule has 3 rings (SSSR count). The highest BCUT2D eigenvalue weighted by Gasteiger charge is 2.13. The Hall–Kier alpha value is -3.02. The van der Waals surface area contributed by atoms with E-state index in [1.165, 1.54) is 14.2 Å². The number of aromatic nitrogens is 2. The van der Waals surface area contributed by atoms with Crippen LogP contribution in [0.1, 0.15) is 10.4 Å². The Balaban J connectivity index is 1.85. The van der Waals surface area contributed by atoms with Crippen LogP contribution in [0.2, 0.25) is 0 Å². The van der Waals surface area contributed by atoms with Gasteiger partial charge in [-0.25, -0.2) is 9.78 Å². The maximum atomic E-state index is 12.3. The smallest absolute Gasteiger partial charge is 0.343 e. The van der Waals surface area contributed by atoms with E-state index in [-0.39, 0.29) is 0 Å². The summed E-state index contributed by atoms with van der Waals surface area (Å²) < 4.78 is 17.6. The fraction of sp³-hybridized carbons (Fsp3) is 0.176. The molecule has 6 nitrogen and oxygen atoms in total. The van der Waals surface area contributed by atoms with Crippen LogP contribution in [-0.2, 0) is 7.05 Å². The van der Waals surface area contributed by atoms with Gasteiger partial charge < -0.3 is 18.8 Å². The van der Waals surface area contributed by atoms with Crippen molar-refractivity contribution >= 4 is 17.0 Å². The molecule has 0 saturated heterocycles. The summed E-state index contributed by atoms with van der Waals surface area (Å²) in [6, 6.07) is 10.2. The Kier molecular flexibility index (Phi) is 3.89.